The van der Waals surface area contributed by atoms with E-state index in [4.69, 9.17) is 33.0 Å². The molecule has 0 spiro atoms. The SMILES string of the molecule is CCOc1ccc(C(=O)NC(=S)Nc2cc(-c3nc4cc(C)ccc4o3)ccc2C)cc1Cl. The molecule has 0 aliphatic rings. The zero-order valence-electron chi connectivity index (χ0n) is 18.4. The molecule has 4 rings (SSSR count). The van der Waals surface area contributed by atoms with Crippen molar-refractivity contribution in [2.24, 2.45) is 0 Å². The van der Waals surface area contributed by atoms with Crippen molar-refractivity contribution in [3.8, 4) is 17.2 Å². The van der Waals surface area contributed by atoms with Crippen molar-refractivity contribution >= 4 is 51.6 Å². The van der Waals surface area contributed by atoms with E-state index in [0.29, 0.717) is 28.8 Å². The molecular formula is C25H22ClN3O3S. The van der Waals surface area contributed by atoms with Crippen LogP contribution in [0.15, 0.2) is 59.0 Å². The van der Waals surface area contributed by atoms with Gasteiger partial charge in [0.1, 0.15) is 11.3 Å². The van der Waals surface area contributed by atoms with Crippen molar-refractivity contribution in [2.75, 3.05) is 11.9 Å². The fourth-order valence-electron chi connectivity index (χ4n) is 3.29. The summed E-state index contributed by atoms with van der Waals surface area (Å²) in [5.74, 6) is 0.663. The summed E-state index contributed by atoms with van der Waals surface area (Å²) >= 11 is 11.5. The van der Waals surface area contributed by atoms with Crippen LogP contribution < -0.4 is 15.4 Å². The summed E-state index contributed by atoms with van der Waals surface area (Å²) in [6.45, 7) is 6.31. The molecule has 1 heterocycles. The van der Waals surface area contributed by atoms with Crippen molar-refractivity contribution in [1.29, 1.82) is 0 Å². The number of carbonyl (C=O) groups is 1. The Hall–Kier alpha value is -3.42. The van der Waals surface area contributed by atoms with Crippen molar-refractivity contribution in [3.63, 3.8) is 0 Å². The Balaban J connectivity index is 1.49. The molecule has 0 saturated carbocycles. The van der Waals surface area contributed by atoms with E-state index in [1.807, 2.05) is 57.2 Å². The molecular weight excluding hydrogens is 458 g/mol. The highest BCUT2D eigenvalue weighted by atomic mass is 35.5. The Morgan fingerprint density at radius 1 is 1.12 bits per heavy atom. The first-order valence-electron chi connectivity index (χ1n) is 10.4. The average molecular weight is 480 g/mol. The molecule has 6 nitrogen and oxygen atoms in total. The summed E-state index contributed by atoms with van der Waals surface area (Å²) in [6, 6.07) is 16.5. The van der Waals surface area contributed by atoms with Gasteiger partial charge >= 0.3 is 0 Å². The standard InChI is InChI=1S/C25H22ClN3O3S/c1-4-31-21-10-8-16(12-18(21)26)23(30)29-25(33)28-19-13-17(7-6-15(19)3)24-27-20-11-14(2)5-9-22(20)32-24/h5-13H,4H2,1-3H3,(H2,28,29,30,33). The Labute approximate surface area is 201 Å². The number of rotatable bonds is 5. The number of amides is 1. The lowest BCUT2D eigenvalue weighted by molar-refractivity contribution is 0.0977. The maximum Gasteiger partial charge on any atom is 0.257 e. The molecule has 0 aliphatic heterocycles. The summed E-state index contributed by atoms with van der Waals surface area (Å²) in [7, 11) is 0. The van der Waals surface area contributed by atoms with Gasteiger partial charge < -0.3 is 14.5 Å². The van der Waals surface area contributed by atoms with Crippen molar-refractivity contribution < 1.29 is 13.9 Å². The van der Waals surface area contributed by atoms with E-state index in [0.717, 1.165) is 33.5 Å². The Bertz CT molecular complexity index is 1370. The highest BCUT2D eigenvalue weighted by Crippen LogP contribution is 2.29. The molecule has 33 heavy (non-hydrogen) atoms. The van der Waals surface area contributed by atoms with Gasteiger partial charge in [0.2, 0.25) is 5.89 Å². The van der Waals surface area contributed by atoms with Crippen LogP contribution in [0, 0.1) is 13.8 Å². The van der Waals surface area contributed by atoms with Crippen LogP contribution in [0.3, 0.4) is 0 Å². The molecule has 2 N–H and O–H groups in total. The molecule has 0 bridgehead atoms. The van der Waals surface area contributed by atoms with Crippen molar-refractivity contribution in [3.05, 3.63) is 76.3 Å². The average Bonchev–Trinajstić information content (AvgIpc) is 3.20. The van der Waals surface area contributed by atoms with Gasteiger partial charge in [-0.3, -0.25) is 10.1 Å². The number of thiocarbonyl (C=S) groups is 1. The second-order valence-electron chi connectivity index (χ2n) is 7.51. The second kappa shape index (κ2) is 9.60. The van der Waals surface area contributed by atoms with Crippen LogP contribution in [0.5, 0.6) is 5.75 Å². The summed E-state index contributed by atoms with van der Waals surface area (Å²) in [5.41, 5.74) is 5.50. The third-order valence-electron chi connectivity index (χ3n) is 5.00. The summed E-state index contributed by atoms with van der Waals surface area (Å²) < 4.78 is 11.3. The number of aryl methyl sites for hydroxylation is 2. The molecule has 3 aromatic carbocycles. The number of ether oxygens (including phenoxy) is 1. The molecule has 0 aliphatic carbocycles. The Kier molecular flexibility index (Phi) is 6.62. The van der Waals surface area contributed by atoms with Crippen LogP contribution in [0.4, 0.5) is 5.69 Å². The lowest BCUT2D eigenvalue weighted by atomic mass is 10.1. The van der Waals surface area contributed by atoms with Crippen LogP contribution in [-0.2, 0) is 0 Å². The number of anilines is 1. The van der Waals surface area contributed by atoms with E-state index >= 15 is 0 Å². The van der Waals surface area contributed by atoms with Gasteiger partial charge in [-0.05, 0) is 86.6 Å². The maximum absolute atomic E-state index is 12.6. The number of carbonyl (C=O) groups excluding carboxylic acids is 1. The first-order chi connectivity index (χ1) is 15.8. The zero-order valence-corrected chi connectivity index (χ0v) is 19.9. The van der Waals surface area contributed by atoms with Crippen molar-refractivity contribution in [2.45, 2.75) is 20.8 Å². The number of nitrogens with one attached hydrogen (secondary N) is 2. The van der Waals surface area contributed by atoms with Gasteiger partial charge in [-0.1, -0.05) is 23.7 Å². The minimum Gasteiger partial charge on any atom is -0.492 e. The van der Waals surface area contributed by atoms with Gasteiger partial charge in [0, 0.05) is 16.8 Å². The van der Waals surface area contributed by atoms with E-state index in [2.05, 4.69) is 15.6 Å². The molecule has 0 radical (unpaired) electrons. The minimum atomic E-state index is -0.374. The van der Waals surface area contributed by atoms with E-state index in [9.17, 15) is 4.79 Å². The first kappa shape index (κ1) is 22.8. The highest BCUT2D eigenvalue weighted by molar-refractivity contribution is 7.80. The monoisotopic (exact) mass is 479 g/mol. The highest BCUT2D eigenvalue weighted by Gasteiger charge is 2.14. The topological polar surface area (TPSA) is 76.4 Å². The summed E-state index contributed by atoms with van der Waals surface area (Å²) in [6.07, 6.45) is 0. The quantitative estimate of drug-likeness (QED) is 0.327. The number of fused-ring (bicyclic) bond motifs is 1. The summed E-state index contributed by atoms with van der Waals surface area (Å²) in [5, 5.41) is 6.29. The number of aromatic nitrogens is 1. The predicted octanol–water partition coefficient (Wildman–Crippen LogP) is 6.29. The molecule has 0 saturated heterocycles. The smallest absolute Gasteiger partial charge is 0.257 e. The number of oxazole rings is 1. The largest absolute Gasteiger partial charge is 0.492 e. The van der Waals surface area contributed by atoms with Gasteiger partial charge in [0.25, 0.3) is 5.91 Å². The first-order valence-corrected chi connectivity index (χ1v) is 11.2. The van der Waals surface area contributed by atoms with Gasteiger partial charge in [0.05, 0.1) is 11.6 Å². The number of benzene rings is 3. The van der Waals surface area contributed by atoms with Gasteiger partial charge in [-0.25, -0.2) is 4.98 Å². The number of nitrogens with zero attached hydrogens (tertiary/aromatic N) is 1. The predicted molar refractivity (Wildman–Crippen MR) is 135 cm³/mol. The molecule has 0 unspecified atom stereocenters. The molecule has 0 fully saturated rings. The van der Waals surface area contributed by atoms with Crippen LogP contribution in [0.2, 0.25) is 5.02 Å². The molecule has 1 aromatic heterocycles. The minimum absolute atomic E-state index is 0.165. The molecule has 168 valence electrons. The molecule has 1 amide bonds. The molecule has 4 aromatic rings. The maximum atomic E-state index is 12.6. The van der Waals surface area contributed by atoms with Crippen LogP contribution in [0.25, 0.3) is 22.6 Å². The molecule has 0 atom stereocenters. The van der Waals surface area contributed by atoms with Crippen LogP contribution in [0.1, 0.15) is 28.4 Å². The van der Waals surface area contributed by atoms with E-state index in [1.54, 1.807) is 18.2 Å². The van der Waals surface area contributed by atoms with Gasteiger partial charge in [-0.15, -0.1) is 0 Å². The lowest BCUT2D eigenvalue weighted by Gasteiger charge is -2.13. The molecule has 8 heteroatoms. The van der Waals surface area contributed by atoms with Crippen LogP contribution in [-0.4, -0.2) is 22.6 Å². The Morgan fingerprint density at radius 3 is 2.70 bits per heavy atom. The van der Waals surface area contributed by atoms with Crippen molar-refractivity contribution in [1.82, 2.24) is 10.3 Å². The fourth-order valence-corrected chi connectivity index (χ4v) is 3.73. The van der Waals surface area contributed by atoms with Crippen LogP contribution >= 0.6 is 23.8 Å². The Morgan fingerprint density at radius 2 is 1.94 bits per heavy atom. The lowest BCUT2D eigenvalue weighted by Crippen LogP contribution is -2.34. The second-order valence-corrected chi connectivity index (χ2v) is 8.32. The zero-order chi connectivity index (χ0) is 23.5. The third-order valence-corrected chi connectivity index (χ3v) is 5.50. The number of hydrogen-bond acceptors (Lipinski definition) is 5. The van der Waals surface area contributed by atoms with E-state index < -0.39 is 0 Å². The van der Waals surface area contributed by atoms with E-state index in [1.165, 1.54) is 0 Å². The van der Waals surface area contributed by atoms with Gasteiger partial charge in [-0.2, -0.15) is 0 Å². The van der Waals surface area contributed by atoms with Gasteiger partial charge in [0.15, 0.2) is 10.7 Å². The fraction of sp³-hybridized carbons (Fsp3) is 0.160. The number of hydrogen-bond donors (Lipinski definition) is 2. The van der Waals surface area contributed by atoms with E-state index in [-0.39, 0.29) is 11.0 Å². The third kappa shape index (κ3) is 5.16. The normalized spacial score (nSPS) is 10.8. The number of halogens is 1. The summed E-state index contributed by atoms with van der Waals surface area (Å²) in [4.78, 5) is 17.2.